The van der Waals surface area contributed by atoms with Gasteiger partial charge in [-0.1, -0.05) is 77.3 Å². The lowest BCUT2D eigenvalue weighted by Crippen LogP contribution is -2.33. The van der Waals surface area contributed by atoms with E-state index in [1.54, 1.807) is 18.2 Å². The van der Waals surface area contributed by atoms with Crippen LogP contribution in [-0.2, 0) is 11.3 Å². The van der Waals surface area contributed by atoms with Crippen LogP contribution < -0.4 is 0 Å². The molecular formula is C26H33BrO4. The highest BCUT2D eigenvalue weighted by molar-refractivity contribution is 9.10. The van der Waals surface area contributed by atoms with Crippen LogP contribution in [-0.4, -0.2) is 34.1 Å². The third-order valence-corrected chi connectivity index (χ3v) is 5.74. The molecule has 31 heavy (non-hydrogen) atoms. The van der Waals surface area contributed by atoms with E-state index < -0.39 is 18.1 Å². The Morgan fingerprint density at radius 1 is 1.10 bits per heavy atom. The number of phenolic OH excluding ortho intramolecular Hbond substituents is 1. The lowest BCUT2D eigenvalue weighted by molar-refractivity contribution is -0.0273. The Kier molecular flexibility index (Phi) is 11.0. The van der Waals surface area contributed by atoms with Crippen LogP contribution in [0.1, 0.15) is 43.7 Å². The number of halogens is 1. The molecule has 0 spiro atoms. The van der Waals surface area contributed by atoms with Crippen LogP contribution in [0.4, 0.5) is 0 Å². The number of allylic oxidation sites excluding steroid dienone is 1. The Morgan fingerprint density at radius 3 is 2.52 bits per heavy atom. The topological polar surface area (TPSA) is 69.9 Å². The summed E-state index contributed by atoms with van der Waals surface area (Å²) in [5.41, 5.74) is 2.94. The maximum absolute atomic E-state index is 10.7. The fourth-order valence-electron chi connectivity index (χ4n) is 3.53. The van der Waals surface area contributed by atoms with Crippen molar-refractivity contribution < 1.29 is 20.1 Å². The standard InChI is InChI=1S/C26H33BrO4/c1-3-8-19(15-21-16-22(27)12-14-24(21)28)11-13-25(29)23(4-2)26(30)18-31-17-20-9-6-5-7-10-20/h4-7,9-10,12,14-16,23,25-26,28-30H,2-3,8,11,13,17-18H2,1H3/b19-15+/t23-,25-,26-/m1/s1. The number of benzene rings is 2. The highest BCUT2D eigenvalue weighted by Crippen LogP contribution is 2.28. The molecule has 2 rings (SSSR count). The summed E-state index contributed by atoms with van der Waals surface area (Å²) in [6.45, 7) is 6.44. The zero-order valence-electron chi connectivity index (χ0n) is 18.1. The van der Waals surface area contributed by atoms with Gasteiger partial charge in [0.15, 0.2) is 0 Å². The quantitative estimate of drug-likeness (QED) is 0.309. The number of hydrogen-bond donors (Lipinski definition) is 3. The maximum Gasteiger partial charge on any atom is 0.122 e. The minimum Gasteiger partial charge on any atom is -0.507 e. The van der Waals surface area contributed by atoms with Gasteiger partial charge in [-0.25, -0.2) is 0 Å². The number of ether oxygens (including phenoxy) is 1. The van der Waals surface area contributed by atoms with E-state index in [0.717, 1.165) is 34.0 Å². The number of aromatic hydroxyl groups is 1. The molecule has 2 aromatic rings. The Bertz CT molecular complexity index is 835. The molecule has 0 heterocycles. The number of phenols is 1. The predicted octanol–water partition coefficient (Wildman–Crippen LogP) is 5.86. The zero-order valence-corrected chi connectivity index (χ0v) is 19.7. The van der Waals surface area contributed by atoms with Crippen molar-refractivity contribution in [1.29, 1.82) is 0 Å². The molecule has 0 aliphatic heterocycles. The van der Waals surface area contributed by atoms with Crippen LogP contribution in [0.15, 0.2) is 71.2 Å². The van der Waals surface area contributed by atoms with Crippen LogP contribution in [0, 0.1) is 5.92 Å². The fraction of sp³-hybridized carbons (Fsp3) is 0.385. The zero-order chi connectivity index (χ0) is 22.6. The van der Waals surface area contributed by atoms with Crippen LogP contribution in [0.25, 0.3) is 6.08 Å². The lowest BCUT2D eigenvalue weighted by Gasteiger charge is -2.25. The molecule has 0 aliphatic rings. The van der Waals surface area contributed by atoms with E-state index in [1.165, 1.54) is 0 Å². The van der Waals surface area contributed by atoms with Crippen molar-refractivity contribution in [1.82, 2.24) is 0 Å². The van der Waals surface area contributed by atoms with Crippen LogP contribution in [0.2, 0.25) is 0 Å². The summed E-state index contributed by atoms with van der Waals surface area (Å²) in [6, 6.07) is 15.1. The monoisotopic (exact) mass is 488 g/mol. The van der Waals surface area contributed by atoms with Crippen molar-refractivity contribution in [2.24, 2.45) is 5.92 Å². The SMILES string of the molecule is C=C[C@H]([C@H](O)CC/C(=C/c1cc(Br)ccc1O)CCC)[C@H](O)COCc1ccccc1. The van der Waals surface area contributed by atoms with Crippen LogP contribution >= 0.6 is 15.9 Å². The van der Waals surface area contributed by atoms with Gasteiger partial charge in [-0.2, -0.15) is 0 Å². The second-order valence-corrected chi connectivity index (χ2v) is 8.66. The first-order chi connectivity index (χ1) is 14.9. The smallest absolute Gasteiger partial charge is 0.122 e. The van der Waals surface area contributed by atoms with Crippen molar-refractivity contribution in [3.8, 4) is 5.75 Å². The predicted molar refractivity (Wildman–Crippen MR) is 130 cm³/mol. The van der Waals surface area contributed by atoms with Crippen LogP contribution in [0.3, 0.4) is 0 Å². The summed E-state index contributed by atoms with van der Waals surface area (Å²) in [5, 5.41) is 31.3. The third-order valence-electron chi connectivity index (χ3n) is 5.24. The Labute approximate surface area is 194 Å². The average Bonchev–Trinajstić information content (AvgIpc) is 2.76. The fourth-order valence-corrected chi connectivity index (χ4v) is 3.91. The molecule has 0 radical (unpaired) electrons. The first-order valence-corrected chi connectivity index (χ1v) is 11.5. The molecule has 0 bridgehead atoms. The first-order valence-electron chi connectivity index (χ1n) is 10.7. The molecule has 4 nitrogen and oxygen atoms in total. The molecular weight excluding hydrogens is 456 g/mol. The van der Waals surface area contributed by atoms with E-state index in [4.69, 9.17) is 4.74 Å². The van der Waals surface area contributed by atoms with E-state index in [0.29, 0.717) is 19.4 Å². The molecule has 168 valence electrons. The largest absolute Gasteiger partial charge is 0.507 e. The molecule has 2 aromatic carbocycles. The molecule has 0 saturated carbocycles. The van der Waals surface area contributed by atoms with Gasteiger partial charge in [-0.3, -0.25) is 0 Å². The summed E-state index contributed by atoms with van der Waals surface area (Å²) < 4.78 is 6.53. The van der Waals surface area contributed by atoms with Crippen molar-refractivity contribution in [3.05, 3.63) is 82.4 Å². The van der Waals surface area contributed by atoms with Crippen molar-refractivity contribution in [3.63, 3.8) is 0 Å². The van der Waals surface area contributed by atoms with Gasteiger partial charge in [0.05, 0.1) is 25.4 Å². The number of aliphatic hydroxyl groups excluding tert-OH is 2. The van der Waals surface area contributed by atoms with E-state index in [2.05, 4.69) is 29.4 Å². The van der Waals surface area contributed by atoms with Crippen LogP contribution in [0.5, 0.6) is 5.75 Å². The van der Waals surface area contributed by atoms with E-state index in [-0.39, 0.29) is 12.4 Å². The highest BCUT2D eigenvalue weighted by atomic mass is 79.9. The number of aliphatic hydroxyl groups is 2. The number of hydrogen-bond acceptors (Lipinski definition) is 4. The summed E-state index contributed by atoms with van der Waals surface area (Å²) >= 11 is 3.44. The molecule has 5 heteroatoms. The third kappa shape index (κ3) is 8.62. The second-order valence-electron chi connectivity index (χ2n) is 7.74. The summed E-state index contributed by atoms with van der Waals surface area (Å²) in [4.78, 5) is 0. The summed E-state index contributed by atoms with van der Waals surface area (Å²) in [6.07, 6.45) is 5.03. The molecule has 0 aromatic heterocycles. The van der Waals surface area contributed by atoms with Gasteiger partial charge in [-0.15, -0.1) is 6.58 Å². The van der Waals surface area contributed by atoms with Crippen molar-refractivity contribution >= 4 is 22.0 Å². The lowest BCUT2D eigenvalue weighted by atomic mass is 9.90. The van der Waals surface area contributed by atoms with E-state index >= 15 is 0 Å². The Balaban J connectivity index is 1.93. The summed E-state index contributed by atoms with van der Waals surface area (Å²) in [5.74, 6) is -0.245. The molecule has 0 amide bonds. The average molecular weight is 489 g/mol. The summed E-state index contributed by atoms with van der Waals surface area (Å²) in [7, 11) is 0. The molecule has 0 saturated heterocycles. The normalized spacial score (nSPS) is 14.8. The van der Waals surface area contributed by atoms with Gasteiger partial charge < -0.3 is 20.1 Å². The maximum atomic E-state index is 10.7. The van der Waals surface area contributed by atoms with Gasteiger partial charge in [0.25, 0.3) is 0 Å². The van der Waals surface area contributed by atoms with Gasteiger partial charge in [0, 0.05) is 16.0 Å². The Hall–Kier alpha value is -1.92. The van der Waals surface area contributed by atoms with Gasteiger partial charge in [0.1, 0.15) is 5.75 Å². The minimum absolute atomic E-state index is 0.131. The second kappa shape index (κ2) is 13.5. The van der Waals surface area contributed by atoms with E-state index in [9.17, 15) is 15.3 Å². The molecule has 0 aliphatic carbocycles. The Morgan fingerprint density at radius 2 is 1.84 bits per heavy atom. The molecule has 0 unspecified atom stereocenters. The van der Waals surface area contributed by atoms with Crippen molar-refractivity contribution in [2.45, 2.75) is 51.4 Å². The highest BCUT2D eigenvalue weighted by Gasteiger charge is 2.24. The minimum atomic E-state index is -0.830. The van der Waals surface area contributed by atoms with Gasteiger partial charge >= 0.3 is 0 Å². The van der Waals surface area contributed by atoms with Gasteiger partial charge in [0.2, 0.25) is 0 Å². The number of rotatable bonds is 13. The molecule has 0 fully saturated rings. The first kappa shape index (κ1) is 25.3. The van der Waals surface area contributed by atoms with Crippen molar-refractivity contribution in [2.75, 3.05) is 6.61 Å². The molecule has 3 atom stereocenters. The van der Waals surface area contributed by atoms with E-state index in [1.807, 2.05) is 42.5 Å². The van der Waals surface area contributed by atoms with Gasteiger partial charge in [-0.05, 0) is 43.0 Å². The molecule has 3 N–H and O–H groups in total.